The van der Waals surface area contributed by atoms with Crippen molar-refractivity contribution >= 4 is 15.9 Å². The lowest BCUT2D eigenvalue weighted by molar-refractivity contribution is 0.0776. The fraction of sp³-hybridized carbons (Fsp3) is 0.714. The highest BCUT2D eigenvalue weighted by Gasteiger charge is 2.33. The number of carbonyl (C=O) groups is 1. The maximum atomic E-state index is 12.8. The van der Waals surface area contributed by atoms with Crippen molar-refractivity contribution in [3.63, 3.8) is 0 Å². The number of nitrogens with zero attached hydrogens (tertiary/aromatic N) is 3. The molecule has 22 heavy (non-hydrogen) atoms. The van der Waals surface area contributed by atoms with Gasteiger partial charge >= 0.3 is 0 Å². The first-order valence-corrected chi connectivity index (χ1v) is 9.41. The van der Waals surface area contributed by atoms with Gasteiger partial charge in [-0.25, -0.2) is 13.6 Å². The number of carbonyl (C=O) groups excluding carboxylic acids is 1. The van der Waals surface area contributed by atoms with Crippen molar-refractivity contribution in [3.8, 4) is 0 Å². The van der Waals surface area contributed by atoms with Crippen LogP contribution in [0.15, 0.2) is 0 Å². The SMILES string of the molecule is Cn1nc2c(c1C(=O)N1CCC(CS(N)(=O)=O)C1)CCCC2. The molecule has 8 heteroatoms. The van der Waals surface area contributed by atoms with Gasteiger partial charge in [0.2, 0.25) is 10.0 Å². The van der Waals surface area contributed by atoms with E-state index in [1.807, 2.05) is 7.05 Å². The van der Waals surface area contributed by atoms with Gasteiger partial charge in [-0.15, -0.1) is 0 Å². The van der Waals surface area contributed by atoms with Crippen molar-refractivity contribution in [2.45, 2.75) is 32.1 Å². The molecule has 1 aliphatic heterocycles. The molecule has 2 aliphatic rings. The van der Waals surface area contributed by atoms with Crippen LogP contribution >= 0.6 is 0 Å². The standard InChI is InChI=1S/C14H22N4O3S/c1-17-13(11-4-2-3-5-12(11)16-17)14(19)18-7-6-10(8-18)9-22(15,20)21/h10H,2-9H2,1H3,(H2,15,20,21). The van der Waals surface area contributed by atoms with Gasteiger partial charge in [-0.2, -0.15) is 5.10 Å². The molecule has 1 amide bonds. The lowest BCUT2D eigenvalue weighted by atomic mass is 9.95. The molecule has 1 unspecified atom stereocenters. The minimum absolute atomic E-state index is 0.0323. The van der Waals surface area contributed by atoms with Crippen LogP contribution < -0.4 is 5.14 Å². The van der Waals surface area contributed by atoms with Gasteiger partial charge in [-0.05, 0) is 38.0 Å². The fourth-order valence-electron chi connectivity index (χ4n) is 3.58. The summed E-state index contributed by atoms with van der Waals surface area (Å²) in [5.74, 6) is -0.154. The second-order valence-electron chi connectivity index (χ2n) is 6.34. The third-order valence-electron chi connectivity index (χ3n) is 4.56. The number of hydrogen-bond donors (Lipinski definition) is 1. The molecule has 2 heterocycles. The average molecular weight is 326 g/mol. The Bertz CT molecular complexity index is 695. The quantitative estimate of drug-likeness (QED) is 0.848. The summed E-state index contributed by atoms with van der Waals surface area (Å²) >= 11 is 0. The maximum absolute atomic E-state index is 12.8. The second-order valence-corrected chi connectivity index (χ2v) is 8.00. The van der Waals surface area contributed by atoms with E-state index in [2.05, 4.69) is 5.10 Å². The highest BCUT2D eigenvalue weighted by molar-refractivity contribution is 7.89. The monoisotopic (exact) mass is 326 g/mol. The molecule has 122 valence electrons. The van der Waals surface area contributed by atoms with E-state index in [1.165, 1.54) is 0 Å². The fourth-order valence-corrected chi connectivity index (χ4v) is 4.51. The van der Waals surface area contributed by atoms with Crippen LogP contribution in [0.2, 0.25) is 0 Å². The van der Waals surface area contributed by atoms with Gasteiger partial charge in [0, 0.05) is 25.7 Å². The molecule has 0 aromatic carbocycles. The van der Waals surface area contributed by atoms with Crippen molar-refractivity contribution in [2.24, 2.45) is 18.1 Å². The lowest BCUT2D eigenvalue weighted by Crippen LogP contribution is -2.32. The molecule has 2 N–H and O–H groups in total. The Kier molecular flexibility index (Phi) is 3.98. The topological polar surface area (TPSA) is 98.3 Å². The molecular weight excluding hydrogens is 304 g/mol. The van der Waals surface area contributed by atoms with Crippen LogP contribution in [0.4, 0.5) is 0 Å². The molecular formula is C14H22N4O3S. The van der Waals surface area contributed by atoms with E-state index in [9.17, 15) is 13.2 Å². The van der Waals surface area contributed by atoms with E-state index in [-0.39, 0.29) is 17.6 Å². The van der Waals surface area contributed by atoms with Gasteiger partial charge in [0.25, 0.3) is 5.91 Å². The van der Waals surface area contributed by atoms with Gasteiger partial charge in [-0.1, -0.05) is 0 Å². The predicted molar refractivity (Wildman–Crippen MR) is 81.8 cm³/mol. The van der Waals surface area contributed by atoms with Crippen molar-refractivity contribution in [2.75, 3.05) is 18.8 Å². The minimum atomic E-state index is -3.49. The number of likely N-dealkylation sites (tertiary alicyclic amines) is 1. The van der Waals surface area contributed by atoms with Crippen LogP contribution in [0.3, 0.4) is 0 Å². The largest absolute Gasteiger partial charge is 0.337 e. The van der Waals surface area contributed by atoms with E-state index in [4.69, 9.17) is 5.14 Å². The van der Waals surface area contributed by atoms with Gasteiger partial charge in [-0.3, -0.25) is 9.48 Å². The first kappa shape index (κ1) is 15.5. The summed E-state index contributed by atoms with van der Waals surface area (Å²) in [6, 6.07) is 0. The number of rotatable bonds is 3. The normalized spacial score (nSPS) is 21.9. The third-order valence-corrected chi connectivity index (χ3v) is 5.50. The highest BCUT2D eigenvalue weighted by atomic mass is 32.2. The first-order chi connectivity index (χ1) is 10.3. The molecule has 1 atom stereocenters. The van der Waals surface area contributed by atoms with E-state index < -0.39 is 10.0 Å². The zero-order valence-corrected chi connectivity index (χ0v) is 13.6. The van der Waals surface area contributed by atoms with Crippen LogP contribution in [0.1, 0.15) is 41.0 Å². The van der Waals surface area contributed by atoms with Crippen LogP contribution in [0.25, 0.3) is 0 Å². The van der Waals surface area contributed by atoms with Crippen molar-refractivity contribution in [1.29, 1.82) is 0 Å². The Morgan fingerprint density at radius 1 is 1.36 bits per heavy atom. The van der Waals surface area contributed by atoms with Crippen LogP contribution in [-0.2, 0) is 29.9 Å². The molecule has 7 nitrogen and oxygen atoms in total. The summed E-state index contributed by atoms with van der Waals surface area (Å²) in [6.45, 7) is 1.04. The summed E-state index contributed by atoms with van der Waals surface area (Å²) < 4.78 is 24.1. The number of fused-ring (bicyclic) bond motifs is 1. The van der Waals surface area contributed by atoms with E-state index in [0.29, 0.717) is 25.2 Å². The molecule has 0 radical (unpaired) electrons. The van der Waals surface area contributed by atoms with Crippen molar-refractivity contribution in [3.05, 3.63) is 17.0 Å². The second kappa shape index (κ2) is 5.66. The predicted octanol–water partition coefficient (Wildman–Crippen LogP) is 0.0495. The zero-order valence-electron chi connectivity index (χ0n) is 12.8. The number of aromatic nitrogens is 2. The number of hydrogen-bond acceptors (Lipinski definition) is 4. The number of nitrogens with two attached hydrogens (primary N) is 1. The van der Waals surface area contributed by atoms with Gasteiger partial charge in [0.15, 0.2) is 0 Å². The van der Waals surface area contributed by atoms with Crippen LogP contribution in [0.5, 0.6) is 0 Å². The van der Waals surface area contributed by atoms with Crippen LogP contribution in [-0.4, -0.2) is 47.8 Å². The lowest BCUT2D eigenvalue weighted by Gasteiger charge is -2.18. The molecule has 3 rings (SSSR count). The molecule has 1 aliphatic carbocycles. The Labute approximate surface area is 130 Å². The number of aryl methyl sites for hydroxylation is 2. The number of amides is 1. The Hall–Kier alpha value is -1.41. The van der Waals surface area contributed by atoms with Crippen molar-refractivity contribution < 1.29 is 13.2 Å². The third kappa shape index (κ3) is 3.03. The number of sulfonamides is 1. The summed E-state index contributed by atoms with van der Waals surface area (Å²) in [5, 5.41) is 9.58. The molecule has 0 saturated carbocycles. The Balaban J connectivity index is 1.77. The van der Waals surface area contributed by atoms with Gasteiger partial charge < -0.3 is 4.90 Å². The van der Waals surface area contributed by atoms with E-state index in [0.717, 1.165) is 36.9 Å². The smallest absolute Gasteiger partial charge is 0.272 e. The molecule has 0 bridgehead atoms. The van der Waals surface area contributed by atoms with Crippen molar-refractivity contribution in [1.82, 2.24) is 14.7 Å². The highest BCUT2D eigenvalue weighted by Crippen LogP contribution is 2.26. The summed E-state index contributed by atoms with van der Waals surface area (Å²) in [5.41, 5.74) is 2.79. The summed E-state index contributed by atoms with van der Waals surface area (Å²) in [4.78, 5) is 14.5. The summed E-state index contributed by atoms with van der Waals surface area (Å²) in [6.07, 6.45) is 4.73. The molecule has 1 aromatic rings. The molecule has 1 fully saturated rings. The minimum Gasteiger partial charge on any atom is -0.337 e. The maximum Gasteiger partial charge on any atom is 0.272 e. The van der Waals surface area contributed by atoms with E-state index in [1.54, 1.807) is 9.58 Å². The van der Waals surface area contributed by atoms with Gasteiger partial charge in [0.1, 0.15) is 5.69 Å². The number of primary sulfonamides is 1. The van der Waals surface area contributed by atoms with Crippen LogP contribution in [0, 0.1) is 5.92 Å². The molecule has 1 saturated heterocycles. The molecule has 0 spiro atoms. The first-order valence-electron chi connectivity index (χ1n) is 7.69. The zero-order chi connectivity index (χ0) is 15.9. The van der Waals surface area contributed by atoms with E-state index >= 15 is 0 Å². The Morgan fingerprint density at radius 3 is 2.82 bits per heavy atom. The summed E-state index contributed by atoms with van der Waals surface area (Å²) in [7, 11) is -1.68. The molecule has 1 aromatic heterocycles. The Morgan fingerprint density at radius 2 is 2.09 bits per heavy atom. The van der Waals surface area contributed by atoms with Gasteiger partial charge in [0.05, 0.1) is 11.4 Å². The average Bonchev–Trinajstić information content (AvgIpc) is 2.99.